The highest BCUT2D eigenvalue weighted by atomic mass is 32.2. The standard InChI is InChI=1S/C12H17N5O2S/c1-3-10-14-15-12(20-8-11(18)19)17(10)7-5-9-4-6-13-16(9)2/h4,6H,3,5,7-8H2,1-2H3,(H,18,19). The monoisotopic (exact) mass is 295 g/mol. The zero-order chi connectivity index (χ0) is 14.5. The van der Waals surface area contributed by atoms with Crippen molar-refractivity contribution in [3.05, 3.63) is 23.8 Å². The molecule has 0 saturated carbocycles. The average molecular weight is 295 g/mol. The Bertz CT molecular complexity index is 592. The summed E-state index contributed by atoms with van der Waals surface area (Å²) < 4.78 is 3.82. The topological polar surface area (TPSA) is 85.8 Å². The summed E-state index contributed by atoms with van der Waals surface area (Å²) in [5.74, 6) is 0.0161. The highest BCUT2D eigenvalue weighted by molar-refractivity contribution is 7.99. The molecule has 8 heteroatoms. The quantitative estimate of drug-likeness (QED) is 0.767. The van der Waals surface area contributed by atoms with Gasteiger partial charge in [-0.15, -0.1) is 10.2 Å². The lowest BCUT2D eigenvalue weighted by Gasteiger charge is -2.09. The minimum absolute atomic E-state index is 0.00639. The van der Waals surface area contributed by atoms with Crippen LogP contribution in [0.1, 0.15) is 18.4 Å². The Hall–Kier alpha value is -1.83. The van der Waals surface area contributed by atoms with Crippen molar-refractivity contribution >= 4 is 17.7 Å². The third-order valence-corrected chi connectivity index (χ3v) is 3.90. The second-order valence-electron chi connectivity index (χ2n) is 4.28. The molecule has 20 heavy (non-hydrogen) atoms. The number of aromatic nitrogens is 5. The Labute approximate surface area is 121 Å². The Morgan fingerprint density at radius 2 is 2.25 bits per heavy atom. The zero-order valence-electron chi connectivity index (χ0n) is 11.5. The average Bonchev–Trinajstić information content (AvgIpc) is 2.99. The summed E-state index contributed by atoms with van der Waals surface area (Å²) in [5, 5.41) is 21.7. The molecular weight excluding hydrogens is 278 g/mol. The molecule has 0 atom stereocenters. The van der Waals surface area contributed by atoms with E-state index >= 15 is 0 Å². The number of thioether (sulfide) groups is 1. The van der Waals surface area contributed by atoms with E-state index in [1.807, 2.05) is 29.3 Å². The minimum Gasteiger partial charge on any atom is -0.481 e. The predicted molar refractivity (Wildman–Crippen MR) is 74.7 cm³/mol. The molecule has 0 radical (unpaired) electrons. The fourth-order valence-electron chi connectivity index (χ4n) is 1.91. The molecule has 0 saturated heterocycles. The molecule has 0 aliphatic carbocycles. The summed E-state index contributed by atoms with van der Waals surface area (Å²) in [6, 6.07) is 1.97. The Morgan fingerprint density at radius 3 is 2.85 bits per heavy atom. The molecule has 0 amide bonds. The fourth-order valence-corrected chi connectivity index (χ4v) is 2.61. The van der Waals surface area contributed by atoms with Crippen molar-refractivity contribution in [3.63, 3.8) is 0 Å². The molecule has 2 rings (SSSR count). The van der Waals surface area contributed by atoms with Crippen molar-refractivity contribution in [1.29, 1.82) is 0 Å². The molecule has 0 bridgehead atoms. The van der Waals surface area contributed by atoms with Crippen LogP contribution in [0.5, 0.6) is 0 Å². The normalized spacial score (nSPS) is 10.9. The number of carboxylic acid groups (broad SMARTS) is 1. The van der Waals surface area contributed by atoms with Gasteiger partial charge in [-0.2, -0.15) is 5.10 Å². The van der Waals surface area contributed by atoms with Gasteiger partial charge < -0.3 is 9.67 Å². The molecule has 0 fully saturated rings. The Morgan fingerprint density at radius 1 is 1.45 bits per heavy atom. The second kappa shape index (κ2) is 6.56. The lowest BCUT2D eigenvalue weighted by atomic mass is 10.3. The van der Waals surface area contributed by atoms with Gasteiger partial charge in [0.2, 0.25) is 0 Å². The van der Waals surface area contributed by atoms with E-state index in [0.29, 0.717) is 5.16 Å². The molecule has 1 N–H and O–H groups in total. The van der Waals surface area contributed by atoms with Gasteiger partial charge in [0.05, 0.1) is 5.75 Å². The number of carbonyl (C=O) groups is 1. The number of aryl methyl sites for hydroxylation is 3. The van der Waals surface area contributed by atoms with Crippen molar-refractivity contribution < 1.29 is 9.90 Å². The number of carboxylic acids is 1. The van der Waals surface area contributed by atoms with Crippen LogP contribution in [-0.2, 0) is 31.2 Å². The minimum atomic E-state index is -0.853. The summed E-state index contributed by atoms with van der Waals surface area (Å²) in [6.07, 6.45) is 3.34. The van der Waals surface area contributed by atoms with E-state index < -0.39 is 5.97 Å². The van der Waals surface area contributed by atoms with Crippen molar-refractivity contribution in [1.82, 2.24) is 24.5 Å². The molecule has 108 valence electrons. The Kier molecular flexibility index (Phi) is 4.78. The molecule has 0 aromatic carbocycles. The van der Waals surface area contributed by atoms with Crippen molar-refractivity contribution in [3.8, 4) is 0 Å². The summed E-state index contributed by atoms with van der Waals surface area (Å²) in [7, 11) is 1.91. The largest absolute Gasteiger partial charge is 0.481 e. The fraction of sp³-hybridized carbons (Fsp3) is 0.500. The highest BCUT2D eigenvalue weighted by Gasteiger charge is 2.13. The molecule has 2 aromatic heterocycles. The number of nitrogens with zero attached hydrogens (tertiary/aromatic N) is 5. The van der Waals surface area contributed by atoms with E-state index in [0.717, 1.165) is 30.9 Å². The first kappa shape index (κ1) is 14.6. The molecule has 2 aromatic rings. The van der Waals surface area contributed by atoms with Gasteiger partial charge in [0.1, 0.15) is 5.82 Å². The molecule has 0 aliphatic heterocycles. The van der Waals surface area contributed by atoms with Gasteiger partial charge in [-0.05, 0) is 6.07 Å². The van der Waals surface area contributed by atoms with Crippen LogP contribution >= 0.6 is 11.8 Å². The first-order chi connectivity index (χ1) is 9.61. The molecule has 0 unspecified atom stereocenters. The molecule has 2 heterocycles. The van der Waals surface area contributed by atoms with Gasteiger partial charge >= 0.3 is 5.97 Å². The van der Waals surface area contributed by atoms with E-state index in [-0.39, 0.29) is 5.75 Å². The number of hydrogen-bond acceptors (Lipinski definition) is 5. The van der Waals surface area contributed by atoms with Crippen LogP contribution in [-0.4, -0.2) is 41.4 Å². The van der Waals surface area contributed by atoms with Crippen LogP contribution in [0.4, 0.5) is 0 Å². The van der Waals surface area contributed by atoms with Crippen molar-refractivity contribution in [2.45, 2.75) is 31.5 Å². The summed E-state index contributed by atoms with van der Waals surface area (Å²) in [6.45, 7) is 2.73. The smallest absolute Gasteiger partial charge is 0.313 e. The van der Waals surface area contributed by atoms with E-state index in [1.165, 1.54) is 11.8 Å². The molecule has 0 spiro atoms. The maximum absolute atomic E-state index is 10.7. The first-order valence-corrected chi connectivity index (χ1v) is 7.34. The van der Waals surface area contributed by atoms with Crippen molar-refractivity contribution in [2.24, 2.45) is 7.05 Å². The molecular formula is C12H17N5O2S. The third kappa shape index (κ3) is 3.38. The molecule has 7 nitrogen and oxygen atoms in total. The third-order valence-electron chi connectivity index (χ3n) is 2.95. The Balaban J connectivity index is 2.10. The van der Waals surface area contributed by atoms with Gasteiger partial charge in [0, 0.05) is 38.3 Å². The van der Waals surface area contributed by atoms with Crippen LogP contribution in [0.25, 0.3) is 0 Å². The highest BCUT2D eigenvalue weighted by Crippen LogP contribution is 2.18. The first-order valence-electron chi connectivity index (χ1n) is 6.35. The summed E-state index contributed by atoms with van der Waals surface area (Å²) in [4.78, 5) is 10.7. The molecule has 0 aliphatic rings. The van der Waals surface area contributed by atoms with Gasteiger partial charge in [-0.25, -0.2) is 0 Å². The summed E-state index contributed by atoms with van der Waals surface area (Å²) in [5.41, 5.74) is 1.12. The maximum Gasteiger partial charge on any atom is 0.313 e. The number of hydrogen-bond donors (Lipinski definition) is 1. The maximum atomic E-state index is 10.7. The van der Waals surface area contributed by atoms with Crippen LogP contribution in [0, 0.1) is 0 Å². The van der Waals surface area contributed by atoms with Crippen LogP contribution < -0.4 is 0 Å². The number of aliphatic carboxylic acids is 1. The van der Waals surface area contributed by atoms with Crippen molar-refractivity contribution in [2.75, 3.05) is 5.75 Å². The van der Waals surface area contributed by atoms with E-state index in [2.05, 4.69) is 15.3 Å². The second-order valence-corrected chi connectivity index (χ2v) is 5.23. The van der Waals surface area contributed by atoms with E-state index in [9.17, 15) is 4.79 Å². The van der Waals surface area contributed by atoms with E-state index in [1.54, 1.807) is 6.20 Å². The lowest BCUT2D eigenvalue weighted by molar-refractivity contribution is -0.133. The van der Waals surface area contributed by atoms with Gasteiger partial charge in [0.25, 0.3) is 0 Å². The zero-order valence-corrected chi connectivity index (χ0v) is 12.3. The SMILES string of the molecule is CCc1nnc(SCC(=O)O)n1CCc1ccnn1C. The van der Waals surface area contributed by atoms with Crippen LogP contribution in [0.2, 0.25) is 0 Å². The predicted octanol–water partition coefficient (Wildman–Crippen LogP) is 0.993. The van der Waals surface area contributed by atoms with Crippen LogP contribution in [0.3, 0.4) is 0 Å². The van der Waals surface area contributed by atoms with E-state index in [4.69, 9.17) is 5.11 Å². The van der Waals surface area contributed by atoms with Crippen LogP contribution in [0.15, 0.2) is 17.4 Å². The van der Waals surface area contributed by atoms with Gasteiger partial charge in [0.15, 0.2) is 5.16 Å². The number of rotatable bonds is 7. The lowest BCUT2D eigenvalue weighted by Crippen LogP contribution is -2.10. The van der Waals surface area contributed by atoms with Gasteiger partial charge in [-0.1, -0.05) is 18.7 Å². The van der Waals surface area contributed by atoms with Gasteiger partial charge in [-0.3, -0.25) is 9.48 Å². The summed E-state index contributed by atoms with van der Waals surface area (Å²) >= 11 is 1.20.